The molecule has 0 aliphatic carbocycles. The van der Waals surface area contributed by atoms with Crippen LogP contribution in [0.15, 0.2) is 18.2 Å². The van der Waals surface area contributed by atoms with Gasteiger partial charge in [0.1, 0.15) is 0 Å². The van der Waals surface area contributed by atoms with Crippen molar-refractivity contribution in [2.45, 2.75) is 13.8 Å². The zero-order chi connectivity index (χ0) is 8.43. The summed E-state index contributed by atoms with van der Waals surface area (Å²) < 4.78 is 0. The van der Waals surface area contributed by atoms with Gasteiger partial charge >= 0.3 is 0 Å². The molecule has 0 spiro atoms. The van der Waals surface area contributed by atoms with Crippen molar-refractivity contribution in [3.05, 3.63) is 29.3 Å². The van der Waals surface area contributed by atoms with E-state index in [0.717, 1.165) is 11.1 Å². The number of benzene rings is 1. The van der Waals surface area contributed by atoms with Crippen molar-refractivity contribution in [3.8, 4) is 0 Å². The summed E-state index contributed by atoms with van der Waals surface area (Å²) in [6.45, 7) is 3.72. The van der Waals surface area contributed by atoms with E-state index in [1.807, 2.05) is 25.1 Å². The van der Waals surface area contributed by atoms with Gasteiger partial charge in [0, 0.05) is 17.0 Å². The molecule has 0 unspecified atom stereocenters. The Bertz CT molecular complexity index is 290. The van der Waals surface area contributed by atoms with Crippen molar-refractivity contribution in [2.24, 2.45) is 0 Å². The second-order valence-corrected chi connectivity index (χ2v) is 2.72. The topological polar surface area (TPSA) is 49.9 Å². The van der Waals surface area contributed by atoms with E-state index in [9.17, 15) is 0 Å². The molecular formula is C9H12N2. The van der Waals surface area contributed by atoms with E-state index in [4.69, 9.17) is 11.1 Å². The summed E-state index contributed by atoms with van der Waals surface area (Å²) >= 11 is 0. The first kappa shape index (κ1) is 7.79. The summed E-state index contributed by atoms with van der Waals surface area (Å²) in [7, 11) is 0. The maximum atomic E-state index is 7.37. The monoisotopic (exact) mass is 148 g/mol. The minimum Gasteiger partial charge on any atom is -0.398 e. The van der Waals surface area contributed by atoms with Gasteiger partial charge in [-0.2, -0.15) is 0 Å². The Balaban J connectivity index is 3.20. The quantitative estimate of drug-likeness (QED) is 0.464. The van der Waals surface area contributed by atoms with Crippen LogP contribution in [0.5, 0.6) is 0 Å². The summed E-state index contributed by atoms with van der Waals surface area (Å²) in [6.07, 6.45) is 0. The molecule has 11 heavy (non-hydrogen) atoms. The van der Waals surface area contributed by atoms with Crippen LogP contribution in [0.25, 0.3) is 0 Å². The van der Waals surface area contributed by atoms with E-state index in [0.29, 0.717) is 11.4 Å². The molecule has 0 radical (unpaired) electrons. The number of anilines is 1. The van der Waals surface area contributed by atoms with Crippen LogP contribution in [0.4, 0.5) is 5.69 Å². The maximum Gasteiger partial charge on any atom is 0.0408 e. The molecule has 1 rings (SSSR count). The SMILES string of the molecule is CC(=N)c1ccc(C)cc1N. The van der Waals surface area contributed by atoms with Crippen molar-refractivity contribution in [1.82, 2.24) is 0 Å². The zero-order valence-corrected chi connectivity index (χ0v) is 6.81. The molecule has 2 nitrogen and oxygen atoms in total. The van der Waals surface area contributed by atoms with Crippen molar-refractivity contribution in [3.63, 3.8) is 0 Å². The molecule has 1 aromatic carbocycles. The molecule has 0 aromatic heterocycles. The van der Waals surface area contributed by atoms with Gasteiger partial charge in [0.15, 0.2) is 0 Å². The fraction of sp³-hybridized carbons (Fsp3) is 0.222. The highest BCUT2D eigenvalue weighted by Gasteiger charge is 1.99. The third kappa shape index (κ3) is 1.58. The Kier molecular flexibility index (Phi) is 1.94. The predicted octanol–water partition coefficient (Wildman–Crippen LogP) is 1.96. The summed E-state index contributed by atoms with van der Waals surface area (Å²) in [5.41, 5.74) is 8.85. The van der Waals surface area contributed by atoms with Gasteiger partial charge in [0.25, 0.3) is 0 Å². The smallest absolute Gasteiger partial charge is 0.0408 e. The highest BCUT2D eigenvalue weighted by Crippen LogP contribution is 2.13. The van der Waals surface area contributed by atoms with Gasteiger partial charge in [-0.05, 0) is 25.5 Å². The van der Waals surface area contributed by atoms with E-state index in [1.165, 1.54) is 0 Å². The number of rotatable bonds is 1. The minimum absolute atomic E-state index is 0.516. The largest absolute Gasteiger partial charge is 0.398 e. The summed E-state index contributed by atoms with van der Waals surface area (Å²) in [5, 5.41) is 7.37. The number of nitrogen functional groups attached to an aromatic ring is 1. The van der Waals surface area contributed by atoms with E-state index in [-0.39, 0.29) is 0 Å². The average Bonchev–Trinajstić information content (AvgIpc) is 1.85. The molecule has 3 N–H and O–H groups in total. The van der Waals surface area contributed by atoms with E-state index < -0.39 is 0 Å². The standard InChI is InChI=1S/C9H12N2/c1-6-3-4-8(7(2)10)9(11)5-6/h3-5,10H,11H2,1-2H3. The lowest BCUT2D eigenvalue weighted by Gasteiger charge is -2.03. The van der Waals surface area contributed by atoms with E-state index >= 15 is 0 Å². The Morgan fingerprint density at radius 1 is 1.45 bits per heavy atom. The lowest BCUT2D eigenvalue weighted by atomic mass is 10.1. The molecule has 0 saturated heterocycles. The fourth-order valence-corrected chi connectivity index (χ4v) is 1.02. The molecule has 0 atom stereocenters. The molecule has 0 bridgehead atoms. The van der Waals surface area contributed by atoms with Crippen LogP contribution in [-0.2, 0) is 0 Å². The number of hydrogen-bond donors (Lipinski definition) is 2. The molecule has 58 valence electrons. The van der Waals surface area contributed by atoms with Crippen molar-refractivity contribution in [2.75, 3.05) is 5.73 Å². The minimum atomic E-state index is 0.516. The van der Waals surface area contributed by atoms with Gasteiger partial charge in [0.05, 0.1) is 0 Å². The first-order valence-electron chi connectivity index (χ1n) is 3.53. The normalized spacial score (nSPS) is 9.64. The lowest BCUT2D eigenvalue weighted by Crippen LogP contribution is -1.99. The Morgan fingerprint density at radius 2 is 2.09 bits per heavy atom. The number of nitrogens with two attached hydrogens (primary N) is 1. The van der Waals surface area contributed by atoms with E-state index in [2.05, 4.69) is 0 Å². The maximum absolute atomic E-state index is 7.37. The van der Waals surface area contributed by atoms with Gasteiger partial charge in [-0.25, -0.2) is 0 Å². The Labute approximate surface area is 66.6 Å². The van der Waals surface area contributed by atoms with Crippen LogP contribution in [0, 0.1) is 12.3 Å². The Hall–Kier alpha value is -1.31. The van der Waals surface area contributed by atoms with Crippen LogP contribution >= 0.6 is 0 Å². The van der Waals surface area contributed by atoms with Gasteiger partial charge in [-0.3, -0.25) is 0 Å². The van der Waals surface area contributed by atoms with Crippen molar-refractivity contribution >= 4 is 11.4 Å². The summed E-state index contributed by atoms with van der Waals surface area (Å²) in [5.74, 6) is 0. The Morgan fingerprint density at radius 3 is 2.55 bits per heavy atom. The molecular weight excluding hydrogens is 136 g/mol. The number of aryl methyl sites for hydroxylation is 1. The number of hydrogen-bond acceptors (Lipinski definition) is 2. The third-order valence-electron chi connectivity index (χ3n) is 1.61. The van der Waals surface area contributed by atoms with E-state index in [1.54, 1.807) is 6.92 Å². The van der Waals surface area contributed by atoms with Gasteiger partial charge in [-0.15, -0.1) is 0 Å². The van der Waals surface area contributed by atoms with Gasteiger partial charge in [-0.1, -0.05) is 12.1 Å². The molecule has 0 aliphatic heterocycles. The molecule has 0 saturated carbocycles. The van der Waals surface area contributed by atoms with Gasteiger partial charge < -0.3 is 11.1 Å². The third-order valence-corrected chi connectivity index (χ3v) is 1.61. The average molecular weight is 148 g/mol. The van der Waals surface area contributed by atoms with Crippen LogP contribution in [0.3, 0.4) is 0 Å². The first-order chi connectivity index (χ1) is 5.11. The molecule has 0 heterocycles. The highest BCUT2D eigenvalue weighted by molar-refractivity contribution is 6.00. The molecule has 0 aliphatic rings. The lowest BCUT2D eigenvalue weighted by molar-refractivity contribution is 1.42. The van der Waals surface area contributed by atoms with Gasteiger partial charge in [0.2, 0.25) is 0 Å². The first-order valence-corrected chi connectivity index (χ1v) is 3.53. The molecule has 1 aromatic rings. The second-order valence-electron chi connectivity index (χ2n) is 2.72. The number of nitrogens with one attached hydrogen (secondary N) is 1. The predicted molar refractivity (Wildman–Crippen MR) is 48.1 cm³/mol. The molecule has 0 fully saturated rings. The fourth-order valence-electron chi connectivity index (χ4n) is 1.02. The summed E-state index contributed by atoms with van der Waals surface area (Å²) in [6, 6.07) is 5.73. The van der Waals surface area contributed by atoms with Crippen molar-refractivity contribution < 1.29 is 0 Å². The van der Waals surface area contributed by atoms with Crippen LogP contribution in [0.1, 0.15) is 18.1 Å². The molecule has 2 heteroatoms. The summed E-state index contributed by atoms with van der Waals surface area (Å²) in [4.78, 5) is 0. The zero-order valence-electron chi connectivity index (χ0n) is 6.81. The second kappa shape index (κ2) is 2.74. The highest BCUT2D eigenvalue weighted by atomic mass is 14.6. The van der Waals surface area contributed by atoms with Crippen LogP contribution in [-0.4, -0.2) is 5.71 Å². The molecule has 0 amide bonds. The van der Waals surface area contributed by atoms with Crippen LogP contribution < -0.4 is 5.73 Å². The van der Waals surface area contributed by atoms with Crippen LogP contribution in [0.2, 0.25) is 0 Å². The van der Waals surface area contributed by atoms with Crippen molar-refractivity contribution in [1.29, 1.82) is 5.41 Å².